The second-order valence-electron chi connectivity index (χ2n) is 4.38. The van der Waals surface area contributed by atoms with Crippen LogP contribution in [0.25, 0.3) is 0 Å². The number of rotatable bonds is 8. The van der Waals surface area contributed by atoms with Crippen LogP contribution in [-0.4, -0.2) is 37.4 Å². The number of anilines is 1. The molecule has 7 heteroatoms. The summed E-state index contributed by atoms with van der Waals surface area (Å²) in [5, 5.41) is 23.5. The highest BCUT2D eigenvalue weighted by molar-refractivity contribution is 6.31. The number of benzene rings is 1. The molecule has 0 aromatic heterocycles. The monoisotopic (exact) mass is 323 g/mol. The van der Waals surface area contributed by atoms with Gasteiger partial charge in [-0.1, -0.05) is 17.7 Å². The van der Waals surface area contributed by atoms with Gasteiger partial charge in [-0.25, -0.2) is 0 Å². The van der Waals surface area contributed by atoms with Crippen LogP contribution >= 0.6 is 11.6 Å². The molecule has 1 amide bonds. The maximum atomic E-state index is 12.0. The molecular formula is C15H18ClN3O3. The molecule has 0 atom stereocenters. The number of aliphatic hydroxyl groups excluding tert-OH is 1. The third-order valence-electron chi connectivity index (χ3n) is 2.67. The standard InChI is InChI=1S/C15H18ClN3O3/c1-11-2-3-13(8-14(11)16)19-15(21)12(9-17)10-18-4-6-22-7-5-20/h2-3,8,10,18,20H,4-7H2,1H3,(H,19,21)/b12-10-. The molecule has 0 unspecified atom stereocenters. The highest BCUT2D eigenvalue weighted by Gasteiger charge is 2.09. The van der Waals surface area contributed by atoms with Crippen molar-refractivity contribution in [3.05, 3.63) is 40.6 Å². The molecule has 118 valence electrons. The Bertz CT molecular complexity index is 582. The topological polar surface area (TPSA) is 94.4 Å². The fraction of sp³-hybridized carbons (Fsp3) is 0.333. The van der Waals surface area contributed by atoms with Crippen LogP contribution in [0.1, 0.15) is 5.56 Å². The Hall–Kier alpha value is -2.07. The third-order valence-corrected chi connectivity index (χ3v) is 3.07. The van der Waals surface area contributed by atoms with E-state index >= 15 is 0 Å². The predicted octanol–water partition coefficient (Wildman–Crippen LogP) is 1.59. The van der Waals surface area contributed by atoms with E-state index in [1.165, 1.54) is 6.20 Å². The Labute approximate surface area is 134 Å². The Morgan fingerprint density at radius 3 is 2.91 bits per heavy atom. The Kier molecular flexibility index (Phi) is 8.00. The van der Waals surface area contributed by atoms with E-state index in [9.17, 15) is 4.79 Å². The summed E-state index contributed by atoms with van der Waals surface area (Å²) < 4.78 is 5.04. The van der Waals surface area contributed by atoms with Gasteiger partial charge in [0.2, 0.25) is 0 Å². The Morgan fingerprint density at radius 2 is 2.27 bits per heavy atom. The summed E-state index contributed by atoms with van der Waals surface area (Å²) in [6.07, 6.45) is 1.33. The first-order valence-corrected chi connectivity index (χ1v) is 7.06. The van der Waals surface area contributed by atoms with Gasteiger partial charge in [0.25, 0.3) is 5.91 Å². The zero-order valence-electron chi connectivity index (χ0n) is 12.2. The van der Waals surface area contributed by atoms with Crippen LogP contribution in [0.5, 0.6) is 0 Å². The summed E-state index contributed by atoms with van der Waals surface area (Å²) in [7, 11) is 0. The van der Waals surface area contributed by atoms with E-state index in [4.69, 9.17) is 26.7 Å². The van der Waals surface area contributed by atoms with Crippen molar-refractivity contribution in [2.24, 2.45) is 0 Å². The van der Waals surface area contributed by atoms with Crippen molar-refractivity contribution in [2.45, 2.75) is 6.92 Å². The van der Waals surface area contributed by atoms with Crippen molar-refractivity contribution in [2.75, 3.05) is 31.7 Å². The number of hydrogen-bond acceptors (Lipinski definition) is 5. The first-order valence-electron chi connectivity index (χ1n) is 6.68. The minimum atomic E-state index is -0.522. The van der Waals surface area contributed by atoms with Gasteiger partial charge in [0.05, 0.1) is 19.8 Å². The summed E-state index contributed by atoms with van der Waals surface area (Å²) >= 11 is 5.98. The normalized spacial score (nSPS) is 10.9. The van der Waals surface area contributed by atoms with E-state index in [2.05, 4.69) is 10.6 Å². The SMILES string of the molecule is Cc1ccc(NC(=O)/C(C#N)=C\NCCOCCO)cc1Cl. The maximum Gasteiger partial charge on any atom is 0.267 e. The molecule has 0 heterocycles. The van der Waals surface area contributed by atoms with Gasteiger partial charge >= 0.3 is 0 Å². The van der Waals surface area contributed by atoms with Crippen LogP contribution in [0.3, 0.4) is 0 Å². The minimum absolute atomic E-state index is 0.0409. The van der Waals surface area contributed by atoms with E-state index in [0.717, 1.165) is 5.56 Å². The van der Waals surface area contributed by atoms with Crippen LogP contribution in [-0.2, 0) is 9.53 Å². The van der Waals surface area contributed by atoms with E-state index in [0.29, 0.717) is 23.9 Å². The molecule has 0 spiro atoms. The van der Waals surface area contributed by atoms with Crippen molar-refractivity contribution < 1.29 is 14.6 Å². The number of ether oxygens (including phenoxy) is 1. The molecule has 0 aliphatic carbocycles. The van der Waals surface area contributed by atoms with Gasteiger partial charge in [-0.05, 0) is 24.6 Å². The number of aliphatic hydroxyl groups is 1. The molecule has 1 rings (SSSR count). The van der Waals surface area contributed by atoms with Crippen LogP contribution < -0.4 is 10.6 Å². The molecule has 3 N–H and O–H groups in total. The average Bonchev–Trinajstić information content (AvgIpc) is 2.50. The quantitative estimate of drug-likeness (QED) is 0.384. The van der Waals surface area contributed by atoms with Gasteiger partial charge in [-0.3, -0.25) is 4.79 Å². The highest BCUT2D eigenvalue weighted by atomic mass is 35.5. The fourth-order valence-corrected chi connectivity index (χ4v) is 1.67. The van der Waals surface area contributed by atoms with E-state index in [-0.39, 0.29) is 18.8 Å². The molecule has 0 aliphatic rings. The lowest BCUT2D eigenvalue weighted by atomic mass is 10.2. The average molecular weight is 324 g/mol. The van der Waals surface area contributed by atoms with Crippen molar-refractivity contribution >= 4 is 23.2 Å². The van der Waals surface area contributed by atoms with Crippen molar-refractivity contribution in [1.29, 1.82) is 5.26 Å². The lowest BCUT2D eigenvalue weighted by Gasteiger charge is -2.07. The minimum Gasteiger partial charge on any atom is -0.394 e. The van der Waals surface area contributed by atoms with Crippen molar-refractivity contribution in [1.82, 2.24) is 5.32 Å². The predicted molar refractivity (Wildman–Crippen MR) is 84.4 cm³/mol. The molecule has 1 aromatic rings. The smallest absolute Gasteiger partial charge is 0.267 e. The highest BCUT2D eigenvalue weighted by Crippen LogP contribution is 2.20. The summed E-state index contributed by atoms with van der Waals surface area (Å²) in [5.74, 6) is -0.522. The molecule has 0 saturated heterocycles. The number of halogens is 1. The number of carbonyl (C=O) groups excluding carboxylic acids is 1. The summed E-state index contributed by atoms with van der Waals surface area (Å²) in [4.78, 5) is 12.0. The molecule has 6 nitrogen and oxygen atoms in total. The maximum absolute atomic E-state index is 12.0. The van der Waals surface area contributed by atoms with Gasteiger partial charge in [-0.15, -0.1) is 0 Å². The van der Waals surface area contributed by atoms with Crippen LogP contribution in [0.4, 0.5) is 5.69 Å². The van der Waals surface area contributed by atoms with Crippen molar-refractivity contribution in [3.8, 4) is 6.07 Å². The molecule has 0 fully saturated rings. The molecule has 22 heavy (non-hydrogen) atoms. The Balaban J connectivity index is 2.53. The molecular weight excluding hydrogens is 306 g/mol. The molecule has 0 aliphatic heterocycles. The van der Waals surface area contributed by atoms with E-state index in [1.807, 2.05) is 13.0 Å². The number of amides is 1. The number of nitriles is 1. The molecule has 1 aromatic carbocycles. The summed E-state index contributed by atoms with van der Waals surface area (Å²) in [6.45, 7) is 2.86. The second-order valence-corrected chi connectivity index (χ2v) is 4.79. The zero-order chi connectivity index (χ0) is 16.4. The lowest BCUT2D eigenvalue weighted by Crippen LogP contribution is -2.19. The lowest BCUT2D eigenvalue weighted by molar-refractivity contribution is -0.112. The number of nitrogens with zero attached hydrogens (tertiary/aromatic N) is 1. The van der Waals surface area contributed by atoms with Crippen LogP contribution in [0.2, 0.25) is 5.02 Å². The van der Waals surface area contributed by atoms with Gasteiger partial charge in [0.1, 0.15) is 11.6 Å². The first kappa shape index (κ1) is 18.0. The third kappa shape index (κ3) is 6.14. The van der Waals surface area contributed by atoms with Crippen LogP contribution in [0, 0.1) is 18.3 Å². The summed E-state index contributed by atoms with van der Waals surface area (Å²) in [6, 6.07) is 6.94. The van der Waals surface area contributed by atoms with Crippen molar-refractivity contribution in [3.63, 3.8) is 0 Å². The number of nitrogens with one attached hydrogen (secondary N) is 2. The fourth-order valence-electron chi connectivity index (χ4n) is 1.49. The van der Waals surface area contributed by atoms with Crippen LogP contribution in [0.15, 0.2) is 30.0 Å². The zero-order valence-corrected chi connectivity index (χ0v) is 13.0. The van der Waals surface area contributed by atoms with Gasteiger partial charge < -0.3 is 20.5 Å². The number of hydrogen-bond donors (Lipinski definition) is 3. The van der Waals surface area contributed by atoms with Gasteiger partial charge in [0, 0.05) is 23.5 Å². The van der Waals surface area contributed by atoms with Gasteiger partial charge in [0.15, 0.2) is 0 Å². The Morgan fingerprint density at radius 1 is 1.50 bits per heavy atom. The van der Waals surface area contributed by atoms with Gasteiger partial charge in [-0.2, -0.15) is 5.26 Å². The van der Waals surface area contributed by atoms with E-state index < -0.39 is 5.91 Å². The first-order chi connectivity index (χ1) is 10.6. The second kappa shape index (κ2) is 9.79. The molecule has 0 saturated carbocycles. The molecule has 0 radical (unpaired) electrons. The number of carbonyl (C=O) groups is 1. The number of aryl methyl sites for hydroxylation is 1. The summed E-state index contributed by atoms with van der Waals surface area (Å²) in [5.41, 5.74) is 1.37. The largest absolute Gasteiger partial charge is 0.394 e. The van der Waals surface area contributed by atoms with E-state index in [1.54, 1.807) is 18.2 Å². The molecule has 0 bridgehead atoms.